The van der Waals surface area contributed by atoms with Crippen LogP contribution in [0, 0.1) is 11.3 Å². The van der Waals surface area contributed by atoms with Gasteiger partial charge in [0.25, 0.3) is 17.7 Å². The van der Waals surface area contributed by atoms with Crippen molar-refractivity contribution < 1.29 is 27.6 Å². The van der Waals surface area contributed by atoms with Gasteiger partial charge in [0, 0.05) is 211 Å². The SMILES string of the molecule is CN1CCN(c2ccc3c(c2)Cc2cc(-c4ccc(Cl)cc4)oc2C(=O)N3Cc2ccccc2-c2cccnc2)CC1.N#Cc1ccc(-c2cc3c(o2)C(=O)Nc2ccc(N4CCNCC4)cc2C3)cc1.O=C1c2oc(-c3ccc(Cl)cc3)cc2Cc2cc(N3CCNCC3)ccc2N1Cc1ccccc1-c1cccnc1. The molecule has 13 aromatic rings. The lowest BCUT2D eigenvalue weighted by Gasteiger charge is -2.34. The second-order valence-electron chi connectivity index (χ2n) is 28.9. The third-order valence-corrected chi connectivity index (χ3v) is 22.2. The number of amides is 3. The lowest BCUT2D eigenvalue weighted by atomic mass is 10.00. The Kier molecular flexibility index (Phi) is 20.9. The van der Waals surface area contributed by atoms with Gasteiger partial charge in [0.15, 0.2) is 17.3 Å². The fraction of sp³-hybridized carbons (Fsp3) is 0.196. The van der Waals surface area contributed by atoms with Crippen LogP contribution in [0.25, 0.3) is 56.2 Å². The van der Waals surface area contributed by atoms with E-state index in [4.69, 9.17) is 41.7 Å². The summed E-state index contributed by atoms with van der Waals surface area (Å²) >= 11 is 12.3. The van der Waals surface area contributed by atoms with Crippen molar-refractivity contribution in [3.63, 3.8) is 0 Å². The second kappa shape index (κ2) is 32.3. The molecule has 0 radical (unpaired) electrons. The standard InChI is InChI=1S/C35H31ClN4O2.C34H29ClN4O2.C23H20N4O2/c1-38-15-17-39(18-16-38)30-12-13-32-27(20-30)19-28-21-33(24-8-10-29(36)11-9-24)42-34(28)35(41)40(32)23-26-5-2-3-7-31(26)25-6-4-14-37-22-25;35-28-9-7-23(8-10-28)32-20-27-18-26-19-29(38-16-14-36-15-17-38)11-12-31(26)39(34(40)33(27)41-32)22-25-4-1-2-6-30(25)24-5-3-13-37-21-24;24-14-15-1-3-16(4-2-15)21-13-18-11-17-12-19(27-9-7-25-8-10-27)5-6-20(17)26-23(28)22(18)29-21/h2-14,20-22H,15-19,23H2,1H3;1-13,19-21,36H,14-18,22H2;1-6,12-13,25H,7-11H2,(H,26,28). The Morgan fingerprint density at radius 1 is 0.420 bits per heavy atom. The summed E-state index contributed by atoms with van der Waals surface area (Å²) in [7, 11) is 2.17. The molecule has 0 saturated carbocycles. The predicted octanol–water partition coefficient (Wildman–Crippen LogP) is 17.4. The molecule has 0 bridgehead atoms. The van der Waals surface area contributed by atoms with E-state index in [9.17, 15) is 14.4 Å². The molecule has 0 spiro atoms. The van der Waals surface area contributed by atoms with Crippen LogP contribution in [0.2, 0.25) is 10.0 Å². The number of hydrogen-bond donors (Lipinski definition) is 3. The lowest BCUT2D eigenvalue weighted by Crippen LogP contribution is -2.44. The quantitative estimate of drug-likeness (QED) is 0.104. The zero-order valence-electron chi connectivity index (χ0n) is 61.8. The second-order valence-corrected chi connectivity index (χ2v) is 29.8. The minimum absolute atomic E-state index is 0.141. The van der Waals surface area contributed by atoms with E-state index in [-0.39, 0.29) is 17.7 Å². The molecule has 18 nitrogen and oxygen atoms in total. The number of fused-ring (bicyclic) bond motifs is 6. The van der Waals surface area contributed by atoms with Crippen molar-refractivity contribution in [1.82, 2.24) is 25.5 Å². The Hall–Kier alpha value is -12.3. The molecule has 20 heteroatoms. The summed E-state index contributed by atoms with van der Waals surface area (Å²) in [6, 6.07) is 73.9. The molecule has 3 amide bonds. The third kappa shape index (κ3) is 15.5. The number of carbonyl (C=O) groups excluding carboxylic acids is 3. The Morgan fingerprint density at radius 3 is 1.29 bits per heavy atom. The number of nitrogens with zero attached hydrogens (tertiary/aromatic N) is 9. The summed E-state index contributed by atoms with van der Waals surface area (Å²) in [6.07, 6.45) is 9.11. The molecule has 3 fully saturated rings. The highest BCUT2D eigenvalue weighted by atomic mass is 35.5. The maximum atomic E-state index is 14.4. The zero-order valence-corrected chi connectivity index (χ0v) is 63.4. The number of hydrogen-bond acceptors (Lipinski definition) is 15. The largest absolute Gasteiger partial charge is 0.451 e. The first-order valence-corrected chi connectivity index (χ1v) is 38.7. The minimum Gasteiger partial charge on any atom is -0.451 e. The molecule has 6 aliphatic rings. The molecule has 112 heavy (non-hydrogen) atoms. The number of nitriles is 1. The van der Waals surface area contributed by atoms with Crippen molar-refractivity contribution in [2.75, 3.05) is 115 Å². The van der Waals surface area contributed by atoms with Gasteiger partial charge in [-0.1, -0.05) is 83.9 Å². The Labute approximate surface area is 660 Å². The number of carbonyl (C=O) groups is 3. The van der Waals surface area contributed by atoms with Gasteiger partial charge in [-0.15, -0.1) is 0 Å². The van der Waals surface area contributed by atoms with E-state index in [0.29, 0.717) is 82.5 Å². The first-order valence-electron chi connectivity index (χ1n) is 37.9. The van der Waals surface area contributed by atoms with Crippen molar-refractivity contribution in [3.8, 4) is 62.3 Å². The van der Waals surface area contributed by atoms with Crippen LogP contribution in [0.15, 0.2) is 256 Å². The number of benzene rings is 8. The summed E-state index contributed by atoms with van der Waals surface area (Å²) in [5.74, 6) is 2.57. The molecule has 8 aromatic carbocycles. The Bertz CT molecular complexity index is 5660. The van der Waals surface area contributed by atoms with Crippen LogP contribution in [0.3, 0.4) is 0 Å². The van der Waals surface area contributed by atoms with Gasteiger partial charge in [-0.25, -0.2) is 0 Å². The predicted molar refractivity (Wildman–Crippen MR) is 443 cm³/mol. The van der Waals surface area contributed by atoms with E-state index in [2.05, 4.69) is 137 Å². The van der Waals surface area contributed by atoms with E-state index >= 15 is 0 Å². The maximum absolute atomic E-state index is 14.4. The third-order valence-electron chi connectivity index (χ3n) is 21.7. The Morgan fingerprint density at radius 2 is 0.830 bits per heavy atom. The van der Waals surface area contributed by atoms with Crippen LogP contribution >= 0.6 is 23.2 Å². The van der Waals surface area contributed by atoms with Crippen molar-refractivity contribution in [2.24, 2.45) is 0 Å². The number of aromatic nitrogens is 2. The molecule has 11 heterocycles. The van der Waals surface area contributed by atoms with Crippen LogP contribution in [-0.4, -0.2) is 118 Å². The Balaban J connectivity index is 0.000000124. The van der Waals surface area contributed by atoms with Gasteiger partial charge in [0.1, 0.15) is 17.3 Å². The average molecular weight is 1520 g/mol. The number of furan rings is 3. The van der Waals surface area contributed by atoms with Crippen LogP contribution in [-0.2, 0) is 32.4 Å². The molecule has 5 aromatic heterocycles. The summed E-state index contributed by atoms with van der Waals surface area (Å²) in [4.78, 5) is 63.4. The van der Waals surface area contributed by atoms with Crippen LogP contribution in [0.1, 0.15) is 81.7 Å². The number of anilines is 6. The van der Waals surface area contributed by atoms with Crippen molar-refractivity contribution in [3.05, 3.63) is 321 Å². The molecule has 558 valence electrons. The van der Waals surface area contributed by atoms with Crippen LogP contribution in [0.5, 0.6) is 0 Å². The van der Waals surface area contributed by atoms with Crippen molar-refractivity contribution in [2.45, 2.75) is 32.4 Å². The van der Waals surface area contributed by atoms with Crippen LogP contribution in [0.4, 0.5) is 34.1 Å². The molecule has 0 aliphatic carbocycles. The lowest BCUT2D eigenvalue weighted by molar-refractivity contribution is 0.0952. The summed E-state index contributed by atoms with van der Waals surface area (Å²) < 4.78 is 18.6. The van der Waals surface area contributed by atoms with E-state index in [0.717, 1.165) is 179 Å². The van der Waals surface area contributed by atoms with Gasteiger partial charge >= 0.3 is 0 Å². The number of halogens is 2. The molecule has 0 atom stereocenters. The first kappa shape index (κ1) is 72.5. The number of pyridine rings is 2. The van der Waals surface area contributed by atoms with Gasteiger partial charge in [-0.3, -0.25) is 24.4 Å². The van der Waals surface area contributed by atoms with Crippen LogP contribution < -0.4 is 40.4 Å². The van der Waals surface area contributed by atoms with Crippen molar-refractivity contribution >= 4 is 75.0 Å². The van der Waals surface area contributed by atoms with Gasteiger partial charge in [0.2, 0.25) is 0 Å². The normalized spacial score (nSPS) is 15.3. The number of nitrogens with one attached hydrogen (secondary N) is 3. The fourth-order valence-electron chi connectivity index (χ4n) is 15.7. The molecule has 19 rings (SSSR count). The van der Waals surface area contributed by atoms with E-state index in [1.54, 1.807) is 24.5 Å². The highest BCUT2D eigenvalue weighted by molar-refractivity contribution is 6.31. The average Bonchev–Trinajstić information content (AvgIpc) is 1.61. The van der Waals surface area contributed by atoms with Gasteiger partial charge in [-0.05, 0) is 204 Å². The number of likely N-dealkylation sites (N-methyl/N-ethyl adjacent to an activating group) is 1. The molecule has 3 N–H and O–H groups in total. The summed E-state index contributed by atoms with van der Waals surface area (Å²) in [5, 5.41) is 20.1. The van der Waals surface area contributed by atoms with E-state index < -0.39 is 0 Å². The summed E-state index contributed by atoms with van der Waals surface area (Å²) in [6.45, 7) is 12.6. The number of piperazine rings is 3. The molecular formula is C92H80Cl2N12O6. The molecule has 6 aliphatic heterocycles. The topological polar surface area (TPSA) is 196 Å². The van der Waals surface area contributed by atoms with E-state index in [1.807, 2.05) is 150 Å². The highest BCUT2D eigenvalue weighted by Gasteiger charge is 2.35. The van der Waals surface area contributed by atoms with E-state index in [1.165, 1.54) is 17.1 Å². The molecule has 3 saturated heterocycles. The summed E-state index contributed by atoms with van der Waals surface area (Å²) in [5.41, 5.74) is 21.6. The highest BCUT2D eigenvalue weighted by Crippen LogP contribution is 2.43. The fourth-order valence-corrected chi connectivity index (χ4v) is 16.0. The van der Waals surface area contributed by atoms with Gasteiger partial charge in [-0.2, -0.15) is 5.26 Å². The van der Waals surface area contributed by atoms with Gasteiger partial charge < -0.3 is 58.6 Å². The van der Waals surface area contributed by atoms with Gasteiger partial charge in [0.05, 0.1) is 24.7 Å². The number of rotatable bonds is 12. The smallest absolute Gasteiger partial charge is 0.294 e. The van der Waals surface area contributed by atoms with Crippen molar-refractivity contribution in [1.29, 1.82) is 5.26 Å². The zero-order chi connectivity index (χ0) is 76.2. The maximum Gasteiger partial charge on any atom is 0.294 e. The molecular weight excluding hydrogens is 1440 g/mol. The molecule has 0 unspecified atom stereocenters. The first-order chi connectivity index (χ1) is 54.9. The monoisotopic (exact) mass is 1520 g/mol. The minimum atomic E-state index is -0.228.